The molecule has 8 heteroatoms. The van der Waals surface area contributed by atoms with Gasteiger partial charge in [0.05, 0.1) is 10.2 Å². The largest absolute Gasteiger partial charge is 0.337 e. The lowest BCUT2D eigenvalue weighted by Crippen LogP contribution is -2.37. The summed E-state index contributed by atoms with van der Waals surface area (Å²) in [5.74, 6) is -0.341. The van der Waals surface area contributed by atoms with Gasteiger partial charge in [-0.2, -0.15) is 5.26 Å². The van der Waals surface area contributed by atoms with Crippen LogP contribution < -0.4 is 4.90 Å². The Morgan fingerprint density at radius 3 is 2.92 bits per heavy atom. The van der Waals surface area contributed by atoms with Crippen molar-refractivity contribution in [2.24, 2.45) is 0 Å². The van der Waals surface area contributed by atoms with Crippen molar-refractivity contribution < 1.29 is 4.79 Å². The van der Waals surface area contributed by atoms with Gasteiger partial charge in [-0.15, -0.1) is 22.7 Å². The molecule has 5 nitrogen and oxygen atoms in total. The van der Waals surface area contributed by atoms with Crippen LogP contribution in [0.25, 0.3) is 16.3 Å². The maximum absolute atomic E-state index is 13.0. The number of hydrogen-bond acceptors (Lipinski definition) is 6. The Bertz CT molecular complexity index is 1040. The van der Waals surface area contributed by atoms with Crippen molar-refractivity contribution in [3.8, 4) is 6.07 Å². The number of nitrogens with zero attached hydrogens (tertiary/aromatic N) is 3. The summed E-state index contributed by atoms with van der Waals surface area (Å²) in [5, 5.41) is 11.9. The number of amides is 1. The number of anilines is 1. The third kappa shape index (κ3) is 3.69. The van der Waals surface area contributed by atoms with E-state index in [1.807, 2.05) is 38.1 Å². The Morgan fingerprint density at radius 1 is 1.48 bits per heavy atom. The van der Waals surface area contributed by atoms with E-state index >= 15 is 0 Å². The van der Waals surface area contributed by atoms with E-state index in [1.54, 1.807) is 16.5 Å². The van der Waals surface area contributed by atoms with Gasteiger partial charge in [-0.25, -0.2) is 4.98 Å². The summed E-state index contributed by atoms with van der Waals surface area (Å²) < 4.78 is 1.67. The predicted molar refractivity (Wildman–Crippen MR) is 105 cm³/mol. The Hall–Kier alpha value is -2.34. The van der Waals surface area contributed by atoms with Gasteiger partial charge in [-0.05, 0) is 50.3 Å². The molecule has 1 N–H and O–H groups in total. The molecule has 0 saturated carbocycles. The van der Waals surface area contributed by atoms with Gasteiger partial charge >= 0.3 is 0 Å². The molecule has 0 saturated heterocycles. The van der Waals surface area contributed by atoms with Crippen LogP contribution in [0.1, 0.15) is 18.9 Å². The first kappa shape index (κ1) is 17.5. The quantitative estimate of drug-likeness (QED) is 0.398. The number of H-pyrrole nitrogens is 1. The highest BCUT2D eigenvalue weighted by Gasteiger charge is 2.23. The SMILES string of the molecule is CC(C)N(C(=O)/C(C#N)=C/c1nccs1)c1ccc2[nH]c(=S)sc2c1. The van der Waals surface area contributed by atoms with Crippen LogP contribution >= 0.6 is 34.9 Å². The molecule has 25 heavy (non-hydrogen) atoms. The lowest BCUT2D eigenvalue weighted by molar-refractivity contribution is -0.115. The number of carbonyl (C=O) groups excluding carboxylic acids is 1. The number of aromatic nitrogens is 2. The highest BCUT2D eigenvalue weighted by atomic mass is 32.1. The van der Waals surface area contributed by atoms with Gasteiger partial charge < -0.3 is 9.88 Å². The van der Waals surface area contributed by atoms with Crippen molar-refractivity contribution in [3.05, 3.63) is 44.3 Å². The van der Waals surface area contributed by atoms with Crippen molar-refractivity contribution in [1.29, 1.82) is 5.26 Å². The minimum Gasteiger partial charge on any atom is -0.337 e. The summed E-state index contributed by atoms with van der Waals surface area (Å²) >= 11 is 8.01. The number of hydrogen-bond donors (Lipinski definition) is 1. The molecule has 0 radical (unpaired) electrons. The molecule has 0 fully saturated rings. The normalized spacial score (nSPS) is 11.7. The van der Waals surface area contributed by atoms with Crippen molar-refractivity contribution in [1.82, 2.24) is 9.97 Å². The van der Waals surface area contributed by atoms with Crippen LogP contribution in [-0.4, -0.2) is 21.9 Å². The Labute approximate surface area is 157 Å². The van der Waals surface area contributed by atoms with E-state index in [0.717, 1.165) is 15.9 Å². The van der Waals surface area contributed by atoms with Gasteiger partial charge in [0.25, 0.3) is 5.91 Å². The van der Waals surface area contributed by atoms with E-state index in [1.165, 1.54) is 28.7 Å². The Morgan fingerprint density at radius 2 is 2.28 bits per heavy atom. The van der Waals surface area contributed by atoms with Gasteiger partial charge in [-0.1, -0.05) is 0 Å². The molecule has 3 aromatic rings. The van der Waals surface area contributed by atoms with Gasteiger partial charge in [-0.3, -0.25) is 4.79 Å². The fourth-order valence-electron chi connectivity index (χ4n) is 2.43. The van der Waals surface area contributed by atoms with Gasteiger partial charge in [0.1, 0.15) is 16.6 Å². The van der Waals surface area contributed by atoms with E-state index in [4.69, 9.17) is 12.2 Å². The Kier molecular flexibility index (Phi) is 5.08. The van der Waals surface area contributed by atoms with Crippen LogP contribution in [0.3, 0.4) is 0 Å². The monoisotopic (exact) mass is 386 g/mol. The second-order valence-corrected chi connectivity index (χ2v) is 8.15. The molecule has 0 aliphatic carbocycles. The molecule has 0 spiro atoms. The first-order valence-electron chi connectivity index (χ1n) is 7.47. The maximum atomic E-state index is 13.0. The van der Waals surface area contributed by atoms with Gasteiger partial charge in [0.15, 0.2) is 3.95 Å². The van der Waals surface area contributed by atoms with E-state index < -0.39 is 0 Å². The maximum Gasteiger partial charge on any atom is 0.269 e. The molecule has 2 aromatic heterocycles. The van der Waals surface area contributed by atoms with Crippen LogP contribution in [0.15, 0.2) is 35.3 Å². The summed E-state index contributed by atoms with van der Waals surface area (Å²) in [7, 11) is 0. The highest BCUT2D eigenvalue weighted by molar-refractivity contribution is 7.73. The average Bonchev–Trinajstić information content (AvgIpc) is 3.20. The number of carbonyl (C=O) groups is 1. The molecule has 0 bridgehead atoms. The van der Waals surface area contributed by atoms with Crippen LogP contribution in [0.5, 0.6) is 0 Å². The number of thiazole rings is 2. The highest BCUT2D eigenvalue weighted by Crippen LogP contribution is 2.28. The molecule has 3 rings (SSSR count). The molecule has 0 aliphatic heterocycles. The number of nitriles is 1. The average molecular weight is 387 g/mol. The lowest BCUT2D eigenvalue weighted by Gasteiger charge is -2.26. The van der Waals surface area contributed by atoms with Crippen molar-refractivity contribution >= 4 is 62.8 Å². The topological polar surface area (TPSA) is 72.8 Å². The first-order valence-corrected chi connectivity index (χ1v) is 9.57. The molecule has 0 aliphatic rings. The smallest absolute Gasteiger partial charge is 0.269 e. The second-order valence-electron chi connectivity index (χ2n) is 5.50. The first-order chi connectivity index (χ1) is 12.0. The number of aromatic amines is 1. The zero-order valence-corrected chi connectivity index (χ0v) is 16.0. The molecule has 0 unspecified atom stereocenters. The van der Waals surface area contributed by atoms with Crippen molar-refractivity contribution in [2.75, 3.05) is 4.90 Å². The lowest BCUT2D eigenvalue weighted by atomic mass is 10.1. The summed E-state index contributed by atoms with van der Waals surface area (Å²) in [6, 6.07) is 7.57. The van der Waals surface area contributed by atoms with E-state index in [0.29, 0.717) is 8.96 Å². The standard InChI is InChI=1S/C17H14N4OS3/c1-10(2)21(12-3-4-13-14(8-12)25-17(23)20-13)16(22)11(9-18)7-15-19-5-6-24-15/h3-8,10H,1-2H3,(H,20,23)/b11-7+. The zero-order valence-electron chi connectivity index (χ0n) is 13.5. The van der Waals surface area contributed by atoms with E-state index in [2.05, 4.69) is 9.97 Å². The molecule has 1 aromatic carbocycles. The number of rotatable bonds is 4. The molecule has 0 atom stereocenters. The summed E-state index contributed by atoms with van der Waals surface area (Å²) in [6.07, 6.45) is 3.17. The number of benzene rings is 1. The number of fused-ring (bicyclic) bond motifs is 1. The van der Waals surface area contributed by atoms with Gasteiger partial charge in [0.2, 0.25) is 0 Å². The fraction of sp³-hybridized carbons (Fsp3) is 0.176. The summed E-state index contributed by atoms with van der Waals surface area (Å²) in [4.78, 5) is 21.8. The Balaban J connectivity index is 2.03. The third-order valence-corrected chi connectivity index (χ3v) is 5.41. The number of nitrogens with one attached hydrogen (secondary N) is 1. The van der Waals surface area contributed by atoms with Crippen molar-refractivity contribution in [2.45, 2.75) is 19.9 Å². The van der Waals surface area contributed by atoms with Crippen molar-refractivity contribution in [3.63, 3.8) is 0 Å². The van der Waals surface area contributed by atoms with Crippen LogP contribution in [0, 0.1) is 15.3 Å². The summed E-state index contributed by atoms with van der Waals surface area (Å²) in [6.45, 7) is 3.83. The molecule has 1 amide bonds. The van der Waals surface area contributed by atoms with Crippen LogP contribution in [0.4, 0.5) is 5.69 Å². The third-order valence-electron chi connectivity index (χ3n) is 3.49. The summed E-state index contributed by atoms with van der Waals surface area (Å²) in [5.41, 5.74) is 1.73. The second kappa shape index (κ2) is 7.27. The minimum atomic E-state index is -0.341. The fourth-order valence-corrected chi connectivity index (χ4v) is 4.15. The molecular weight excluding hydrogens is 372 g/mol. The van der Waals surface area contributed by atoms with Crippen LogP contribution in [-0.2, 0) is 4.79 Å². The predicted octanol–water partition coefficient (Wildman–Crippen LogP) is 4.76. The van der Waals surface area contributed by atoms with E-state index in [-0.39, 0.29) is 17.5 Å². The van der Waals surface area contributed by atoms with Crippen LogP contribution in [0.2, 0.25) is 0 Å². The minimum absolute atomic E-state index is 0.0606. The van der Waals surface area contributed by atoms with E-state index in [9.17, 15) is 10.1 Å². The zero-order chi connectivity index (χ0) is 18.0. The molecular formula is C17H14N4OS3. The molecule has 2 heterocycles. The molecule has 126 valence electrons. The van der Waals surface area contributed by atoms with Gasteiger partial charge in [0, 0.05) is 23.3 Å².